The minimum atomic E-state index is -5.08. The normalized spacial score (nSPS) is 23.3. The van der Waals surface area contributed by atoms with Gasteiger partial charge >= 0.3 is 12.1 Å². The molecule has 3 saturated heterocycles. The highest BCUT2D eigenvalue weighted by atomic mass is 19.4. The molecule has 1 amide bonds. The monoisotopic (exact) mass is 443 g/mol. The summed E-state index contributed by atoms with van der Waals surface area (Å²) < 4.78 is 37.3. The number of rotatable bonds is 2. The van der Waals surface area contributed by atoms with Gasteiger partial charge in [0.1, 0.15) is 6.10 Å². The fourth-order valence-corrected chi connectivity index (χ4v) is 4.56. The first-order valence-electron chi connectivity index (χ1n) is 10.6. The predicted molar refractivity (Wildman–Crippen MR) is 107 cm³/mol. The molecule has 3 aliphatic rings. The second kappa shape index (κ2) is 9.84. The molecule has 1 aromatic rings. The van der Waals surface area contributed by atoms with Crippen molar-refractivity contribution in [2.24, 2.45) is 5.41 Å². The lowest BCUT2D eigenvalue weighted by Gasteiger charge is -2.48. The minimum absolute atomic E-state index is 0.171. The van der Waals surface area contributed by atoms with Crippen LogP contribution in [0, 0.1) is 5.41 Å². The Labute approximate surface area is 179 Å². The Kier molecular flexibility index (Phi) is 7.40. The SMILES string of the molecule is O=C(C1CCCO1)N1CCCC2(CCN(c3cccnc3)CC2)C1.O=C(O)C(F)(F)F. The third-order valence-corrected chi connectivity index (χ3v) is 6.26. The van der Waals surface area contributed by atoms with Crippen LogP contribution in [0.2, 0.25) is 0 Å². The zero-order chi connectivity index (χ0) is 22.5. The van der Waals surface area contributed by atoms with Crippen molar-refractivity contribution in [3.05, 3.63) is 24.5 Å². The summed E-state index contributed by atoms with van der Waals surface area (Å²) in [5.74, 6) is -2.52. The third-order valence-electron chi connectivity index (χ3n) is 6.26. The molecule has 0 aliphatic carbocycles. The number of ether oxygens (including phenoxy) is 1. The Morgan fingerprint density at radius 3 is 2.42 bits per heavy atom. The number of pyridine rings is 1. The van der Waals surface area contributed by atoms with Gasteiger partial charge < -0.3 is 19.6 Å². The number of aromatic nitrogens is 1. The van der Waals surface area contributed by atoms with E-state index in [1.165, 1.54) is 12.1 Å². The molecule has 31 heavy (non-hydrogen) atoms. The largest absolute Gasteiger partial charge is 0.490 e. The molecule has 4 heterocycles. The number of piperidine rings is 2. The average molecular weight is 443 g/mol. The summed E-state index contributed by atoms with van der Waals surface area (Å²) in [7, 11) is 0. The van der Waals surface area contributed by atoms with E-state index in [4.69, 9.17) is 14.6 Å². The van der Waals surface area contributed by atoms with E-state index < -0.39 is 12.1 Å². The van der Waals surface area contributed by atoms with Gasteiger partial charge in [-0.15, -0.1) is 0 Å². The molecule has 1 spiro atoms. The van der Waals surface area contributed by atoms with E-state index in [-0.39, 0.29) is 12.0 Å². The first kappa shape index (κ1) is 23.3. The Morgan fingerprint density at radius 2 is 1.87 bits per heavy atom. The molecular weight excluding hydrogens is 415 g/mol. The fourth-order valence-electron chi connectivity index (χ4n) is 4.56. The number of hydrogen-bond donors (Lipinski definition) is 1. The second-order valence-corrected chi connectivity index (χ2v) is 8.37. The molecule has 1 unspecified atom stereocenters. The highest BCUT2D eigenvalue weighted by Gasteiger charge is 2.41. The van der Waals surface area contributed by atoms with E-state index >= 15 is 0 Å². The van der Waals surface area contributed by atoms with E-state index in [2.05, 4.69) is 20.9 Å². The van der Waals surface area contributed by atoms with Gasteiger partial charge in [-0.3, -0.25) is 9.78 Å². The number of likely N-dealkylation sites (tertiary alicyclic amines) is 1. The second-order valence-electron chi connectivity index (χ2n) is 8.37. The highest BCUT2D eigenvalue weighted by Crippen LogP contribution is 2.41. The van der Waals surface area contributed by atoms with E-state index in [1.807, 2.05) is 18.5 Å². The molecule has 172 valence electrons. The first-order valence-corrected chi connectivity index (χ1v) is 10.6. The van der Waals surface area contributed by atoms with Crippen LogP contribution < -0.4 is 4.90 Å². The van der Waals surface area contributed by atoms with Gasteiger partial charge in [0.25, 0.3) is 5.91 Å². The van der Waals surface area contributed by atoms with Crippen LogP contribution in [0.15, 0.2) is 24.5 Å². The van der Waals surface area contributed by atoms with Crippen molar-refractivity contribution >= 4 is 17.6 Å². The smallest absolute Gasteiger partial charge is 0.475 e. The quantitative estimate of drug-likeness (QED) is 0.757. The van der Waals surface area contributed by atoms with E-state index in [1.54, 1.807) is 0 Å². The molecule has 10 heteroatoms. The van der Waals surface area contributed by atoms with E-state index in [0.29, 0.717) is 5.41 Å². The number of carbonyl (C=O) groups is 2. The standard InChI is InChI=1S/C19H27N3O2.C2HF3O2/c23-18(17-5-2-13-24-17)22-10-3-6-19(15-22)7-11-21(12-8-19)16-4-1-9-20-14-16;3-2(4,5)1(6)7/h1,4,9,14,17H,2-3,5-8,10-13,15H2;(H,6,7). The molecule has 0 radical (unpaired) electrons. The highest BCUT2D eigenvalue weighted by molar-refractivity contribution is 5.81. The van der Waals surface area contributed by atoms with Crippen LogP contribution in [-0.2, 0) is 14.3 Å². The summed E-state index contributed by atoms with van der Waals surface area (Å²) in [6.45, 7) is 4.70. The van der Waals surface area contributed by atoms with Crippen molar-refractivity contribution in [2.45, 2.75) is 50.8 Å². The summed E-state index contributed by atoms with van der Waals surface area (Å²) in [6, 6.07) is 4.14. The molecule has 1 aromatic heterocycles. The van der Waals surface area contributed by atoms with Crippen LogP contribution in [0.1, 0.15) is 38.5 Å². The number of nitrogens with zero attached hydrogens (tertiary/aromatic N) is 3. The van der Waals surface area contributed by atoms with Crippen molar-refractivity contribution < 1.29 is 32.6 Å². The van der Waals surface area contributed by atoms with Crippen molar-refractivity contribution in [2.75, 3.05) is 37.7 Å². The molecule has 1 atom stereocenters. The zero-order valence-electron chi connectivity index (χ0n) is 17.3. The van der Waals surface area contributed by atoms with Gasteiger partial charge in [-0.25, -0.2) is 4.79 Å². The maximum Gasteiger partial charge on any atom is 0.490 e. The fraction of sp³-hybridized carbons (Fsp3) is 0.667. The van der Waals surface area contributed by atoms with Gasteiger partial charge in [0.2, 0.25) is 0 Å². The van der Waals surface area contributed by atoms with Crippen molar-refractivity contribution in [3.8, 4) is 0 Å². The number of anilines is 1. The number of halogens is 3. The van der Waals surface area contributed by atoms with Gasteiger partial charge in [0, 0.05) is 39.0 Å². The van der Waals surface area contributed by atoms with Crippen LogP contribution in [0.3, 0.4) is 0 Å². The molecule has 4 rings (SSSR count). The lowest BCUT2D eigenvalue weighted by atomic mass is 9.72. The van der Waals surface area contributed by atoms with Gasteiger partial charge in [0.15, 0.2) is 0 Å². The Bertz CT molecular complexity index is 746. The lowest BCUT2D eigenvalue weighted by molar-refractivity contribution is -0.192. The van der Waals surface area contributed by atoms with Crippen LogP contribution in [0.25, 0.3) is 0 Å². The number of carboxylic acid groups (broad SMARTS) is 1. The molecule has 1 N–H and O–H groups in total. The van der Waals surface area contributed by atoms with Gasteiger partial charge in [-0.1, -0.05) is 0 Å². The number of hydrogen-bond acceptors (Lipinski definition) is 5. The Morgan fingerprint density at radius 1 is 1.16 bits per heavy atom. The zero-order valence-corrected chi connectivity index (χ0v) is 17.3. The van der Waals surface area contributed by atoms with Crippen LogP contribution in [0.4, 0.5) is 18.9 Å². The summed E-state index contributed by atoms with van der Waals surface area (Å²) in [4.78, 5) is 30.4. The van der Waals surface area contributed by atoms with Crippen LogP contribution in [0.5, 0.6) is 0 Å². The molecule has 3 fully saturated rings. The molecule has 7 nitrogen and oxygen atoms in total. The van der Waals surface area contributed by atoms with E-state index in [9.17, 15) is 18.0 Å². The van der Waals surface area contributed by atoms with Gasteiger partial charge in [-0.05, 0) is 56.1 Å². The van der Waals surface area contributed by atoms with Gasteiger partial charge in [-0.2, -0.15) is 13.2 Å². The minimum Gasteiger partial charge on any atom is -0.475 e. The molecule has 0 bridgehead atoms. The van der Waals surface area contributed by atoms with Crippen LogP contribution >= 0.6 is 0 Å². The number of alkyl halides is 3. The van der Waals surface area contributed by atoms with Crippen molar-refractivity contribution in [3.63, 3.8) is 0 Å². The van der Waals surface area contributed by atoms with Gasteiger partial charge in [0.05, 0.1) is 11.9 Å². The third kappa shape index (κ3) is 6.09. The maximum absolute atomic E-state index is 12.7. The average Bonchev–Trinajstić information content (AvgIpc) is 3.29. The molecule has 0 aromatic carbocycles. The topological polar surface area (TPSA) is 83.0 Å². The van der Waals surface area contributed by atoms with Crippen LogP contribution in [-0.4, -0.2) is 71.9 Å². The summed E-state index contributed by atoms with van der Waals surface area (Å²) in [5.41, 5.74) is 1.53. The number of aliphatic carboxylic acids is 1. The molecular formula is C21H28F3N3O4. The first-order chi connectivity index (χ1) is 14.7. The number of carbonyl (C=O) groups excluding carboxylic acids is 1. The summed E-state index contributed by atoms with van der Waals surface area (Å²) >= 11 is 0. The molecule has 3 aliphatic heterocycles. The van der Waals surface area contributed by atoms with E-state index in [0.717, 1.165) is 64.9 Å². The maximum atomic E-state index is 12.7. The Hall–Kier alpha value is -2.36. The summed E-state index contributed by atoms with van der Waals surface area (Å²) in [5, 5.41) is 7.12. The predicted octanol–water partition coefficient (Wildman–Crippen LogP) is 3.10. The Balaban J connectivity index is 0.000000339. The summed E-state index contributed by atoms with van der Waals surface area (Å²) in [6.07, 6.45) is 5.15. The van der Waals surface area contributed by atoms with Crippen molar-refractivity contribution in [1.29, 1.82) is 0 Å². The van der Waals surface area contributed by atoms with Crippen molar-refractivity contribution in [1.82, 2.24) is 9.88 Å². The lowest BCUT2D eigenvalue weighted by Crippen LogP contribution is -2.53. The number of amides is 1. The number of carboxylic acids is 1. The molecule has 0 saturated carbocycles.